The van der Waals surface area contributed by atoms with Crippen molar-refractivity contribution < 1.29 is 22.7 Å². The molecular formula is C32H41N3O5S. The molecule has 3 aromatic carbocycles. The third-order valence-corrected chi connectivity index (χ3v) is 8.69. The summed E-state index contributed by atoms with van der Waals surface area (Å²) in [6, 6.07) is 21.5. The van der Waals surface area contributed by atoms with Gasteiger partial charge in [-0.1, -0.05) is 61.9 Å². The van der Waals surface area contributed by atoms with E-state index in [1.54, 1.807) is 42.5 Å². The minimum atomic E-state index is -4.12. The maximum atomic E-state index is 14.1. The first-order valence-corrected chi connectivity index (χ1v) is 15.5. The molecule has 0 spiro atoms. The molecule has 2 amide bonds. The lowest BCUT2D eigenvalue weighted by Crippen LogP contribution is -2.53. The molecule has 0 saturated heterocycles. The van der Waals surface area contributed by atoms with Crippen molar-refractivity contribution in [3.05, 3.63) is 90.0 Å². The van der Waals surface area contributed by atoms with E-state index in [4.69, 9.17) is 4.74 Å². The number of sulfonamides is 1. The van der Waals surface area contributed by atoms with Gasteiger partial charge in [0, 0.05) is 12.6 Å². The Hall–Kier alpha value is -3.85. The van der Waals surface area contributed by atoms with Crippen LogP contribution in [-0.4, -0.2) is 50.4 Å². The lowest BCUT2D eigenvalue weighted by molar-refractivity contribution is -0.140. The van der Waals surface area contributed by atoms with E-state index in [1.165, 1.54) is 17.0 Å². The van der Waals surface area contributed by atoms with E-state index in [0.717, 1.165) is 21.9 Å². The summed E-state index contributed by atoms with van der Waals surface area (Å²) in [5.74, 6) is -0.153. The molecule has 0 heterocycles. The van der Waals surface area contributed by atoms with Gasteiger partial charge in [0.15, 0.2) is 0 Å². The second-order valence-corrected chi connectivity index (χ2v) is 11.9. The molecule has 0 aliphatic heterocycles. The highest BCUT2D eigenvalue weighted by atomic mass is 32.2. The molecule has 0 aliphatic carbocycles. The number of carbonyl (C=O) groups is 2. The number of ether oxygens (including phenoxy) is 1. The van der Waals surface area contributed by atoms with Gasteiger partial charge < -0.3 is 15.0 Å². The van der Waals surface area contributed by atoms with Gasteiger partial charge in [-0.25, -0.2) is 8.42 Å². The van der Waals surface area contributed by atoms with E-state index in [9.17, 15) is 18.0 Å². The number of anilines is 1. The Labute approximate surface area is 244 Å². The third kappa shape index (κ3) is 8.33. The standard InChI is InChI=1S/C32H41N3O5S/c1-6-25(5)33-32(37)30(7-2)34(22-26-16-14-24(4)15-17-26)31(36)23-35(27-18-20-28(21-19-27)40-8-3)41(38,39)29-12-10-9-11-13-29/h9-21,25,30H,6-8,22-23H2,1-5H3,(H,33,37)/t25-,30+/m1/s1. The minimum Gasteiger partial charge on any atom is -0.494 e. The summed E-state index contributed by atoms with van der Waals surface area (Å²) in [7, 11) is -4.12. The molecule has 41 heavy (non-hydrogen) atoms. The Morgan fingerprint density at radius 3 is 2.07 bits per heavy atom. The van der Waals surface area contributed by atoms with E-state index in [1.807, 2.05) is 58.9 Å². The van der Waals surface area contributed by atoms with Crippen molar-refractivity contribution in [2.75, 3.05) is 17.5 Å². The minimum absolute atomic E-state index is 0.0633. The van der Waals surface area contributed by atoms with Gasteiger partial charge in [0.05, 0.1) is 17.2 Å². The van der Waals surface area contributed by atoms with E-state index < -0.39 is 28.5 Å². The number of benzene rings is 3. The molecule has 0 radical (unpaired) electrons. The highest BCUT2D eigenvalue weighted by Crippen LogP contribution is 2.27. The fraction of sp³-hybridized carbons (Fsp3) is 0.375. The van der Waals surface area contributed by atoms with Crippen molar-refractivity contribution in [3.63, 3.8) is 0 Å². The molecule has 0 bridgehead atoms. The molecule has 2 atom stereocenters. The molecular weight excluding hydrogens is 538 g/mol. The van der Waals surface area contributed by atoms with Crippen LogP contribution in [0.15, 0.2) is 83.8 Å². The van der Waals surface area contributed by atoms with Crippen LogP contribution in [0.3, 0.4) is 0 Å². The first-order chi connectivity index (χ1) is 19.6. The van der Waals surface area contributed by atoms with Gasteiger partial charge in [0.1, 0.15) is 18.3 Å². The van der Waals surface area contributed by atoms with E-state index in [0.29, 0.717) is 24.5 Å². The van der Waals surface area contributed by atoms with Gasteiger partial charge in [-0.2, -0.15) is 0 Å². The fourth-order valence-electron chi connectivity index (χ4n) is 4.37. The van der Waals surface area contributed by atoms with Gasteiger partial charge in [0.25, 0.3) is 10.0 Å². The van der Waals surface area contributed by atoms with Crippen molar-refractivity contribution in [1.82, 2.24) is 10.2 Å². The number of carbonyl (C=O) groups excluding carboxylic acids is 2. The largest absolute Gasteiger partial charge is 0.494 e. The first kappa shape index (κ1) is 31.7. The molecule has 0 aromatic heterocycles. The van der Waals surface area contributed by atoms with Gasteiger partial charge in [-0.05, 0) is 75.6 Å². The summed E-state index contributed by atoms with van der Waals surface area (Å²) in [4.78, 5) is 29.0. The van der Waals surface area contributed by atoms with Crippen LogP contribution in [0, 0.1) is 6.92 Å². The highest BCUT2D eigenvalue weighted by molar-refractivity contribution is 7.92. The monoisotopic (exact) mass is 579 g/mol. The normalized spacial score (nSPS) is 12.7. The maximum Gasteiger partial charge on any atom is 0.264 e. The first-order valence-electron chi connectivity index (χ1n) is 14.1. The van der Waals surface area contributed by atoms with Crippen molar-refractivity contribution >= 4 is 27.5 Å². The SMILES string of the molecule is CCOc1ccc(N(CC(=O)N(Cc2ccc(C)cc2)[C@@H](CC)C(=O)N[C@H](C)CC)S(=O)(=O)c2ccccc2)cc1. The predicted octanol–water partition coefficient (Wildman–Crippen LogP) is 5.31. The van der Waals surface area contributed by atoms with Crippen LogP contribution in [0.4, 0.5) is 5.69 Å². The van der Waals surface area contributed by atoms with E-state index >= 15 is 0 Å². The molecule has 0 unspecified atom stereocenters. The van der Waals surface area contributed by atoms with Crippen LogP contribution in [0.5, 0.6) is 5.75 Å². The second-order valence-electron chi connectivity index (χ2n) is 10.0. The lowest BCUT2D eigenvalue weighted by Gasteiger charge is -2.33. The number of rotatable bonds is 14. The van der Waals surface area contributed by atoms with Crippen LogP contribution >= 0.6 is 0 Å². The zero-order valence-corrected chi connectivity index (χ0v) is 25.4. The van der Waals surface area contributed by atoms with Gasteiger partial charge >= 0.3 is 0 Å². The van der Waals surface area contributed by atoms with Crippen LogP contribution in [-0.2, 0) is 26.2 Å². The lowest BCUT2D eigenvalue weighted by atomic mass is 10.1. The molecule has 8 nitrogen and oxygen atoms in total. The number of hydrogen-bond donors (Lipinski definition) is 1. The zero-order valence-electron chi connectivity index (χ0n) is 24.5. The Kier molecular flexibility index (Phi) is 11.3. The summed E-state index contributed by atoms with van der Waals surface area (Å²) >= 11 is 0. The van der Waals surface area contributed by atoms with Crippen molar-refractivity contribution in [2.45, 2.75) is 71.0 Å². The number of aryl methyl sites for hydroxylation is 1. The number of nitrogens with zero attached hydrogens (tertiary/aromatic N) is 2. The number of hydrogen-bond acceptors (Lipinski definition) is 5. The fourth-order valence-corrected chi connectivity index (χ4v) is 5.81. The molecule has 1 N–H and O–H groups in total. The molecule has 0 saturated carbocycles. The molecule has 3 rings (SSSR count). The van der Waals surface area contributed by atoms with Crippen LogP contribution in [0.2, 0.25) is 0 Å². The summed E-state index contributed by atoms with van der Waals surface area (Å²) in [6.45, 7) is 9.72. The van der Waals surface area contributed by atoms with E-state index in [-0.39, 0.29) is 23.4 Å². The van der Waals surface area contributed by atoms with Crippen LogP contribution < -0.4 is 14.4 Å². The van der Waals surface area contributed by atoms with Crippen molar-refractivity contribution in [3.8, 4) is 5.75 Å². The summed E-state index contributed by atoms with van der Waals surface area (Å²) < 4.78 is 34.4. The molecule has 9 heteroatoms. The van der Waals surface area contributed by atoms with Crippen LogP contribution in [0.1, 0.15) is 51.7 Å². The van der Waals surface area contributed by atoms with Gasteiger partial charge in [0.2, 0.25) is 11.8 Å². The highest BCUT2D eigenvalue weighted by Gasteiger charge is 2.34. The smallest absolute Gasteiger partial charge is 0.264 e. The maximum absolute atomic E-state index is 14.1. The average Bonchev–Trinajstić information content (AvgIpc) is 2.97. The Bertz CT molecular complexity index is 1380. The van der Waals surface area contributed by atoms with Gasteiger partial charge in [-0.3, -0.25) is 13.9 Å². The predicted molar refractivity (Wildman–Crippen MR) is 162 cm³/mol. The van der Waals surface area contributed by atoms with Gasteiger partial charge in [-0.15, -0.1) is 0 Å². The summed E-state index contributed by atoms with van der Waals surface area (Å²) in [5.41, 5.74) is 2.24. The summed E-state index contributed by atoms with van der Waals surface area (Å²) in [6.07, 6.45) is 1.11. The number of amides is 2. The quantitative estimate of drug-likeness (QED) is 0.279. The third-order valence-electron chi connectivity index (χ3n) is 6.91. The second kappa shape index (κ2) is 14.7. The molecule has 0 aliphatic rings. The number of nitrogens with one attached hydrogen (secondary N) is 1. The average molecular weight is 580 g/mol. The topological polar surface area (TPSA) is 96.0 Å². The van der Waals surface area contributed by atoms with Crippen molar-refractivity contribution in [1.29, 1.82) is 0 Å². The van der Waals surface area contributed by atoms with Crippen molar-refractivity contribution in [2.24, 2.45) is 0 Å². The van der Waals surface area contributed by atoms with Crippen LogP contribution in [0.25, 0.3) is 0 Å². The molecule has 0 fully saturated rings. The Morgan fingerprint density at radius 2 is 1.51 bits per heavy atom. The Balaban J connectivity index is 2.04. The molecule has 3 aromatic rings. The Morgan fingerprint density at radius 1 is 0.878 bits per heavy atom. The summed E-state index contributed by atoms with van der Waals surface area (Å²) in [5, 5.41) is 2.99. The zero-order chi connectivity index (χ0) is 30.0. The molecule has 220 valence electrons. The van der Waals surface area contributed by atoms with E-state index in [2.05, 4.69) is 5.32 Å².